The van der Waals surface area contributed by atoms with Gasteiger partial charge in [0, 0.05) is 28.1 Å². The summed E-state index contributed by atoms with van der Waals surface area (Å²) < 4.78 is 2.80. The molecule has 2 aromatic rings. The molecule has 0 amide bonds. The van der Waals surface area contributed by atoms with Crippen molar-refractivity contribution < 1.29 is 4.79 Å². The first-order valence-electron chi connectivity index (χ1n) is 5.64. The molecule has 2 rings (SSSR count). The summed E-state index contributed by atoms with van der Waals surface area (Å²) in [4.78, 5) is 16.5. The van der Waals surface area contributed by atoms with E-state index in [0.29, 0.717) is 16.4 Å². The Hall–Kier alpha value is -0.880. The predicted molar refractivity (Wildman–Crippen MR) is 80.1 cm³/mol. The van der Waals surface area contributed by atoms with Gasteiger partial charge in [-0.15, -0.1) is 0 Å². The van der Waals surface area contributed by atoms with Crippen molar-refractivity contribution in [1.29, 1.82) is 0 Å². The topological polar surface area (TPSA) is 34.9 Å². The first kappa shape index (κ1) is 13.5. The van der Waals surface area contributed by atoms with Gasteiger partial charge in [0.25, 0.3) is 0 Å². The van der Waals surface area contributed by atoms with E-state index in [1.54, 1.807) is 18.3 Å². The quantitative estimate of drug-likeness (QED) is 0.603. The predicted octanol–water partition coefficient (Wildman–Crippen LogP) is 3.78. The minimum Gasteiger partial charge on any atom is -0.328 e. The molecule has 0 N–H and O–H groups in total. The van der Waals surface area contributed by atoms with Gasteiger partial charge in [-0.25, -0.2) is 4.98 Å². The van der Waals surface area contributed by atoms with Gasteiger partial charge < -0.3 is 4.57 Å². The average Bonchev–Trinajstić information content (AvgIpc) is 2.80. The lowest BCUT2D eigenvalue weighted by molar-refractivity contribution is 0.102. The number of nitrogens with zero attached hydrogens (tertiary/aromatic N) is 2. The molecule has 0 unspecified atom stereocenters. The SMILES string of the molecule is CCCn1ccnc1C(=O)c1ccc(I)c(Cl)c1. The fourth-order valence-corrected chi connectivity index (χ4v) is 2.22. The Morgan fingerprint density at radius 3 is 2.94 bits per heavy atom. The van der Waals surface area contributed by atoms with Gasteiger partial charge in [0.05, 0.1) is 5.02 Å². The van der Waals surface area contributed by atoms with Crippen molar-refractivity contribution in [3.8, 4) is 0 Å². The van der Waals surface area contributed by atoms with Crippen LogP contribution in [0.2, 0.25) is 5.02 Å². The van der Waals surface area contributed by atoms with Crippen molar-refractivity contribution in [3.05, 3.63) is 50.6 Å². The maximum atomic E-state index is 12.3. The maximum Gasteiger partial charge on any atom is 0.228 e. The lowest BCUT2D eigenvalue weighted by atomic mass is 10.1. The van der Waals surface area contributed by atoms with Crippen LogP contribution in [0.1, 0.15) is 29.5 Å². The van der Waals surface area contributed by atoms with E-state index in [2.05, 4.69) is 34.5 Å². The smallest absolute Gasteiger partial charge is 0.228 e. The van der Waals surface area contributed by atoms with E-state index in [0.717, 1.165) is 16.5 Å². The summed E-state index contributed by atoms with van der Waals surface area (Å²) in [6.45, 7) is 2.86. The highest BCUT2D eigenvalue weighted by atomic mass is 127. The van der Waals surface area contributed by atoms with E-state index in [-0.39, 0.29) is 5.78 Å². The van der Waals surface area contributed by atoms with Crippen LogP contribution in [0, 0.1) is 3.57 Å². The Kier molecular flexibility index (Phi) is 4.40. The van der Waals surface area contributed by atoms with Crippen molar-refractivity contribution in [2.45, 2.75) is 19.9 Å². The summed E-state index contributed by atoms with van der Waals surface area (Å²) in [6.07, 6.45) is 4.44. The van der Waals surface area contributed by atoms with E-state index in [9.17, 15) is 4.79 Å². The second-order valence-corrected chi connectivity index (χ2v) is 5.47. The molecule has 5 heteroatoms. The Morgan fingerprint density at radius 2 is 2.28 bits per heavy atom. The first-order chi connectivity index (χ1) is 8.63. The number of carbonyl (C=O) groups is 1. The van der Waals surface area contributed by atoms with Gasteiger partial charge in [-0.05, 0) is 47.2 Å². The number of hydrogen-bond acceptors (Lipinski definition) is 2. The summed E-state index contributed by atoms with van der Waals surface area (Å²) in [5.74, 6) is 0.376. The minimum atomic E-state index is -0.0910. The molecule has 0 aliphatic heterocycles. The third kappa shape index (κ3) is 2.75. The zero-order chi connectivity index (χ0) is 13.1. The van der Waals surface area contributed by atoms with E-state index in [1.807, 2.05) is 16.8 Å². The number of halogens is 2. The number of aromatic nitrogens is 2. The molecule has 0 saturated heterocycles. The maximum absolute atomic E-state index is 12.3. The summed E-state index contributed by atoms with van der Waals surface area (Å²) >= 11 is 8.17. The normalized spacial score (nSPS) is 10.6. The zero-order valence-electron chi connectivity index (χ0n) is 9.86. The van der Waals surface area contributed by atoms with Gasteiger partial charge in [0.1, 0.15) is 0 Å². The monoisotopic (exact) mass is 374 g/mol. The molecule has 0 atom stereocenters. The lowest BCUT2D eigenvalue weighted by Crippen LogP contribution is -2.11. The van der Waals surface area contributed by atoms with Crippen LogP contribution in [0.4, 0.5) is 0 Å². The van der Waals surface area contributed by atoms with Gasteiger partial charge in [-0.1, -0.05) is 18.5 Å². The third-order valence-corrected chi connectivity index (χ3v) is 4.14. The standard InChI is InChI=1S/C13H12ClIN2O/c1-2-6-17-7-5-16-13(17)12(18)9-3-4-11(15)10(14)8-9/h3-5,7-8H,2,6H2,1H3. The van der Waals surface area contributed by atoms with Crippen molar-refractivity contribution in [2.24, 2.45) is 0 Å². The molecule has 0 bridgehead atoms. The zero-order valence-corrected chi connectivity index (χ0v) is 12.8. The summed E-state index contributed by atoms with van der Waals surface area (Å²) in [5.41, 5.74) is 0.573. The third-order valence-electron chi connectivity index (χ3n) is 2.56. The molecule has 0 radical (unpaired) electrons. The molecule has 1 aromatic heterocycles. The van der Waals surface area contributed by atoms with Crippen LogP contribution in [0.5, 0.6) is 0 Å². The number of ketones is 1. The molecule has 0 saturated carbocycles. The largest absolute Gasteiger partial charge is 0.328 e. The van der Waals surface area contributed by atoms with Crippen molar-refractivity contribution in [3.63, 3.8) is 0 Å². The number of aryl methyl sites for hydroxylation is 1. The summed E-state index contributed by atoms with van der Waals surface area (Å²) in [7, 11) is 0. The van der Waals surface area contributed by atoms with Gasteiger partial charge in [0.15, 0.2) is 5.82 Å². The molecule has 0 aliphatic carbocycles. The molecule has 1 aromatic carbocycles. The first-order valence-corrected chi connectivity index (χ1v) is 7.10. The summed E-state index contributed by atoms with van der Waals surface area (Å²) in [5, 5.41) is 0.593. The van der Waals surface area contributed by atoms with Crippen LogP contribution in [0.25, 0.3) is 0 Å². The molecular formula is C13H12ClIN2O. The van der Waals surface area contributed by atoms with Gasteiger partial charge in [-0.2, -0.15) is 0 Å². The Bertz CT molecular complexity index is 580. The van der Waals surface area contributed by atoms with Gasteiger partial charge >= 0.3 is 0 Å². The highest BCUT2D eigenvalue weighted by molar-refractivity contribution is 14.1. The highest BCUT2D eigenvalue weighted by Crippen LogP contribution is 2.21. The van der Waals surface area contributed by atoms with E-state index >= 15 is 0 Å². The van der Waals surface area contributed by atoms with Crippen molar-refractivity contribution in [2.75, 3.05) is 0 Å². The van der Waals surface area contributed by atoms with Crippen LogP contribution in [0.3, 0.4) is 0 Å². The lowest BCUT2D eigenvalue weighted by Gasteiger charge is -2.06. The Morgan fingerprint density at radius 1 is 1.50 bits per heavy atom. The van der Waals surface area contributed by atoms with Gasteiger partial charge in [-0.3, -0.25) is 4.79 Å². The molecule has 0 fully saturated rings. The molecule has 0 aliphatic rings. The molecule has 18 heavy (non-hydrogen) atoms. The second-order valence-electron chi connectivity index (χ2n) is 3.90. The Labute approximate surface area is 124 Å². The molecule has 1 heterocycles. The fraction of sp³-hybridized carbons (Fsp3) is 0.231. The van der Waals surface area contributed by atoms with Crippen LogP contribution in [-0.4, -0.2) is 15.3 Å². The molecule has 3 nitrogen and oxygen atoms in total. The van der Waals surface area contributed by atoms with Crippen LogP contribution in [-0.2, 0) is 6.54 Å². The van der Waals surface area contributed by atoms with E-state index < -0.39 is 0 Å². The number of carbonyl (C=O) groups excluding carboxylic acids is 1. The van der Waals surface area contributed by atoms with Gasteiger partial charge in [0.2, 0.25) is 5.78 Å². The van der Waals surface area contributed by atoms with E-state index in [1.165, 1.54) is 0 Å². The van der Waals surface area contributed by atoms with Crippen LogP contribution < -0.4 is 0 Å². The molecule has 94 valence electrons. The number of benzene rings is 1. The fourth-order valence-electron chi connectivity index (χ4n) is 1.71. The number of rotatable bonds is 4. The van der Waals surface area contributed by atoms with Crippen LogP contribution in [0.15, 0.2) is 30.6 Å². The molecular weight excluding hydrogens is 363 g/mol. The van der Waals surface area contributed by atoms with Crippen molar-refractivity contribution in [1.82, 2.24) is 9.55 Å². The number of imidazole rings is 1. The van der Waals surface area contributed by atoms with Crippen LogP contribution >= 0.6 is 34.2 Å². The molecule has 0 spiro atoms. The van der Waals surface area contributed by atoms with Crippen molar-refractivity contribution >= 4 is 40.0 Å². The average molecular weight is 375 g/mol. The van der Waals surface area contributed by atoms with E-state index in [4.69, 9.17) is 11.6 Å². The second kappa shape index (κ2) is 5.84. The minimum absolute atomic E-state index is 0.0910. The highest BCUT2D eigenvalue weighted by Gasteiger charge is 2.15. The summed E-state index contributed by atoms with van der Waals surface area (Å²) in [6, 6.07) is 5.31. The Balaban J connectivity index is 2.35. The number of hydrogen-bond donors (Lipinski definition) is 0.